The Hall–Kier alpha value is -0.450. The first-order valence-electron chi connectivity index (χ1n) is 4.46. The Morgan fingerprint density at radius 2 is 2.20 bits per heavy atom. The molecule has 0 aliphatic carbocycles. The molecule has 1 aromatic heterocycles. The van der Waals surface area contributed by atoms with Gasteiger partial charge in [0.1, 0.15) is 0 Å². The summed E-state index contributed by atoms with van der Waals surface area (Å²) in [5.41, 5.74) is 6.54. The van der Waals surface area contributed by atoms with Crippen LogP contribution in [0.1, 0.15) is 4.88 Å². The minimum atomic E-state index is 0.824. The van der Waals surface area contributed by atoms with Crippen LogP contribution in [0.25, 0.3) is 0 Å². The number of nitrogen functional groups attached to an aromatic ring is 1. The van der Waals surface area contributed by atoms with Crippen molar-refractivity contribution in [3.05, 3.63) is 45.1 Å². The van der Waals surface area contributed by atoms with E-state index in [1.807, 2.05) is 18.2 Å². The van der Waals surface area contributed by atoms with E-state index >= 15 is 0 Å². The molecule has 0 amide bonds. The highest BCUT2D eigenvalue weighted by atomic mass is 79.9. The smallest absolute Gasteiger partial charge is 0.0337 e. The quantitative estimate of drug-likeness (QED) is 0.672. The second-order valence-electron chi connectivity index (χ2n) is 3.05. The molecule has 0 saturated carbocycles. The van der Waals surface area contributed by atoms with Crippen molar-refractivity contribution in [1.82, 2.24) is 0 Å². The molecule has 0 fully saturated rings. The highest BCUT2D eigenvalue weighted by Crippen LogP contribution is 2.30. The topological polar surface area (TPSA) is 26.0 Å². The number of nitrogens with two attached hydrogens (primary N) is 1. The Balaban J connectivity index is 2.02. The van der Waals surface area contributed by atoms with Crippen molar-refractivity contribution in [2.24, 2.45) is 0 Å². The molecule has 4 heteroatoms. The van der Waals surface area contributed by atoms with Gasteiger partial charge >= 0.3 is 0 Å². The van der Waals surface area contributed by atoms with Crippen molar-refractivity contribution in [3.63, 3.8) is 0 Å². The molecule has 0 radical (unpaired) electrons. The maximum Gasteiger partial charge on any atom is 0.0337 e. The largest absolute Gasteiger partial charge is 0.399 e. The number of hydrogen-bond acceptors (Lipinski definition) is 3. The van der Waals surface area contributed by atoms with Gasteiger partial charge in [-0.3, -0.25) is 0 Å². The first-order chi connectivity index (χ1) is 7.25. The van der Waals surface area contributed by atoms with Crippen LogP contribution in [-0.2, 0) is 5.75 Å². The summed E-state index contributed by atoms with van der Waals surface area (Å²) in [6.45, 7) is 0. The Bertz CT molecular complexity index is 453. The van der Waals surface area contributed by atoms with Gasteiger partial charge in [-0.1, -0.05) is 6.07 Å². The monoisotopic (exact) mass is 299 g/mol. The fourth-order valence-electron chi connectivity index (χ4n) is 1.18. The van der Waals surface area contributed by atoms with E-state index in [2.05, 4.69) is 33.4 Å². The summed E-state index contributed by atoms with van der Waals surface area (Å²) in [5, 5.41) is 2.10. The predicted molar refractivity (Wildman–Crippen MR) is 72.4 cm³/mol. The fraction of sp³-hybridized carbons (Fsp3) is 0.0909. The van der Waals surface area contributed by atoms with Gasteiger partial charge in [0.2, 0.25) is 0 Å². The molecular weight excluding hydrogens is 290 g/mol. The highest BCUT2D eigenvalue weighted by Gasteiger charge is 2.02. The van der Waals surface area contributed by atoms with Gasteiger partial charge in [-0.05, 0) is 45.6 Å². The fourth-order valence-corrected chi connectivity index (χ4v) is 3.94. The third-order valence-corrected chi connectivity index (χ3v) is 5.05. The minimum absolute atomic E-state index is 0.824. The predicted octanol–water partition coefficient (Wildman–Crippen LogP) is 4.39. The molecule has 0 saturated heterocycles. The zero-order valence-corrected chi connectivity index (χ0v) is 11.2. The molecule has 1 heterocycles. The molecular formula is C11H10BrNS2. The van der Waals surface area contributed by atoms with E-state index in [1.165, 1.54) is 14.2 Å². The zero-order chi connectivity index (χ0) is 10.7. The second-order valence-corrected chi connectivity index (χ2v) is 5.96. The molecule has 0 bridgehead atoms. The number of anilines is 1. The van der Waals surface area contributed by atoms with Crippen molar-refractivity contribution in [2.45, 2.75) is 10.6 Å². The van der Waals surface area contributed by atoms with Gasteiger partial charge in [-0.2, -0.15) is 0 Å². The Kier molecular flexibility index (Phi) is 3.72. The maximum absolute atomic E-state index is 5.72. The number of thioether (sulfide) groups is 1. The molecule has 2 aromatic rings. The summed E-state index contributed by atoms with van der Waals surface area (Å²) in [6, 6.07) is 10.1. The van der Waals surface area contributed by atoms with E-state index in [4.69, 9.17) is 5.73 Å². The van der Waals surface area contributed by atoms with Crippen LogP contribution in [0.5, 0.6) is 0 Å². The van der Waals surface area contributed by atoms with Crippen LogP contribution < -0.4 is 5.73 Å². The van der Waals surface area contributed by atoms with Gasteiger partial charge in [-0.25, -0.2) is 0 Å². The summed E-state index contributed by atoms with van der Waals surface area (Å²) in [7, 11) is 0. The van der Waals surface area contributed by atoms with E-state index in [0.717, 1.165) is 11.4 Å². The molecule has 0 spiro atoms. The van der Waals surface area contributed by atoms with Gasteiger partial charge < -0.3 is 5.73 Å². The molecule has 2 rings (SSSR count). The molecule has 78 valence electrons. The molecule has 2 N–H and O–H groups in total. The van der Waals surface area contributed by atoms with Crippen molar-refractivity contribution in [1.29, 1.82) is 0 Å². The van der Waals surface area contributed by atoms with Crippen molar-refractivity contribution in [3.8, 4) is 0 Å². The highest BCUT2D eigenvalue weighted by molar-refractivity contribution is 9.10. The molecule has 0 aliphatic heterocycles. The summed E-state index contributed by atoms with van der Waals surface area (Å²) in [5.74, 6) is 0.988. The lowest BCUT2D eigenvalue weighted by Gasteiger charge is -2.01. The average molecular weight is 300 g/mol. The molecule has 15 heavy (non-hydrogen) atoms. The zero-order valence-electron chi connectivity index (χ0n) is 7.94. The molecule has 0 atom stereocenters. The second kappa shape index (κ2) is 5.05. The number of halogens is 1. The molecule has 0 aliphatic rings. The summed E-state index contributed by atoms with van der Waals surface area (Å²) in [6.07, 6.45) is 0. The van der Waals surface area contributed by atoms with Crippen LogP contribution in [0.4, 0.5) is 5.69 Å². The molecule has 1 aromatic carbocycles. The van der Waals surface area contributed by atoms with Crippen molar-refractivity contribution < 1.29 is 0 Å². The van der Waals surface area contributed by atoms with Gasteiger partial charge in [0, 0.05) is 25.7 Å². The van der Waals surface area contributed by atoms with E-state index < -0.39 is 0 Å². The molecule has 1 nitrogen and oxygen atoms in total. The number of hydrogen-bond donors (Lipinski definition) is 1. The third kappa shape index (κ3) is 3.00. The summed E-state index contributed by atoms with van der Waals surface area (Å²) in [4.78, 5) is 2.58. The summed E-state index contributed by atoms with van der Waals surface area (Å²) < 4.78 is 1.20. The van der Waals surface area contributed by atoms with Gasteiger partial charge in [0.25, 0.3) is 0 Å². The maximum atomic E-state index is 5.72. The molecule has 0 unspecified atom stereocenters. The lowest BCUT2D eigenvalue weighted by Crippen LogP contribution is -1.83. The number of rotatable bonds is 3. The van der Waals surface area contributed by atoms with Crippen LogP contribution >= 0.6 is 39.0 Å². The van der Waals surface area contributed by atoms with E-state index in [1.54, 1.807) is 23.1 Å². The van der Waals surface area contributed by atoms with Crippen molar-refractivity contribution in [2.75, 3.05) is 5.73 Å². The first-order valence-corrected chi connectivity index (χ1v) is 7.12. The van der Waals surface area contributed by atoms with Gasteiger partial charge in [-0.15, -0.1) is 23.1 Å². The normalized spacial score (nSPS) is 10.5. The average Bonchev–Trinajstić information content (AvgIpc) is 2.61. The lowest BCUT2D eigenvalue weighted by molar-refractivity contribution is 1.42. The summed E-state index contributed by atoms with van der Waals surface area (Å²) >= 11 is 7.11. The van der Waals surface area contributed by atoms with Gasteiger partial charge in [0.05, 0.1) is 0 Å². The minimum Gasteiger partial charge on any atom is -0.399 e. The Morgan fingerprint density at radius 3 is 2.87 bits per heavy atom. The lowest BCUT2D eigenvalue weighted by atomic mass is 10.3. The standard InChI is InChI=1S/C11H10BrNS2/c12-10-4-5-14-11(10)7-15-9-3-1-2-8(13)6-9/h1-6H,7,13H2. The SMILES string of the molecule is Nc1cccc(SCc2sccc2Br)c1. The Labute approximate surface area is 106 Å². The van der Waals surface area contributed by atoms with E-state index in [-0.39, 0.29) is 0 Å². The number of thiophene rings is 1. The number of benzene rings is 1. The van der Waals surface area contributed by atoms with Crippen LogP contribution in [0.3, 0.4) is 0 Å². The van der Waals surface area contributed by atoms with E-state index in [9.17, 15) is 0 Å². The third-order valence-electron chi connectivity index (χ3n) is 1.92. The van der Waals surface area contributed by atoms with E-state index in [0.29, 0.717) is 0 Å². The Morgan fingerprint density at radius 1 is 1.33 bits per heavy atom. The van der Waals surface area contributed by atoms with Crippen LogP contribution in [-0.4, -0.2) is 0 Å². The van der Waals surface area contributed by atoms with Crippen LogP contribution in [0, 0.1) is 0 Å². The van der Waals surface area contributed by atoms with Crippen molar-refractivity contribution >= 4 is 44.7 Å². The first kappa shape index (κ1) is 11.0. The van der Waals surface area contributed by atoms with Crippen LogP contribution in [0.15, 0.2) is 45.1 Å². The van der Waals surface area contributed by atoms with Crippen LogP contribution in [0.2, 0.25) is 0 Å². The van der Waals surface area contributed by atoms with Gasteiger partial charge in [0.15, 0.2) is 0 Å².